The Balaban J connectivity index is 1.51. The van der Waals surface area contributed by atoms with Crippen LogP contribution in [-0.2, 0) is 20.3 Å². The summed E-state index contributed by atoms with van der Waals surface area (Å²) in [4.78, 5) is 4.56. The second-order valence-electron chi connectivity index (χ2n) is 10.8. The standard InChI is InChI=1S/C26H36N8O4S/c1-4-39(36,37)32-16-26(17-32,9-10-27)33-14-20(12-29-33)22-11-23(19-5-7-21(35)8-6-19)34-24(22)13-28-25(31-34)30-18(2)15-38-3/h11-14,18-19,21,35H,4-9,15-17H2,1-3H3,(H,30,31)/t18-,19-,21-/m0/s1. The van der Waals surface area contributed by atoms with Crippen LogP contribution in [0.1, 0.15) is 57.6 Å². The molecule has 0 unspecified atom stereocenters. The van der Waals surface area contributed by atoms with Gasteiger partial charge in [-0.25, -0.2) is 17.9 Å². The number of anilines is 1. The Bertz CT molecular complexity index is 1460. The zero-order chi connectivity index (χ0) is 27.8. The van der Waals surface area contributed by atoms with Crippen molar-refractivity contribution < 1.29 is 18.3 Å². The number of ether oxygens (including phenoxy) is 1. The molecule has 4 heterocycles. The molecule has 0 radical (unpaired) electrons. The molecule has 210 valence electrons. The van der Waals surface area contributed by atoms with Gasteiger partial charge in [0.05, 0.1) is 48.9 Å². The number of nitrogens with zero attached hydrogens (tertiary/aromatic N) is 7. The maximum absolute atomic E-state index is 12.4. The third-order valence-corrected chi connectivity index (χ3v) is 9.71. The molecule has 39 heavy (non-hydrogen) atoms. The van der Waals surface area contributed by atoms with Crippen LogP contribution < -0.4 is 5.32 Å². The molecule has 13 heteroatoms. The van der Waals surface area contributed by atoms with E-state index in [1.165, 1.54) is 4.31 Å². The highest BCUT2D eigenvalue weighted by atomic mass is 32.2. The smallest absolute Gasteiger partial charge is 0.241 e. The molecular formula is C26H36N8O4S. The van der Waals surface area contributed by atoms with Gasteiger partial charge < -0.3 is 15.2 Å². The number of aromatic nitrogens is 5. The Kier molecular flexibility index (Phi) is 7.65. The van der Waals surface area contributed by atoms with Gasteiger partial charge in [-0.2, -0.15) is 14.7 Å². The number of sulfonamides is 1. The molecular weight excluding hydrogens is 520 g/mol. The second kappa shape index (κ2) is 10.8. The van der Waals surface area contributed by atoms with Gasteiger partial charge >= 0.3 is 0 Å². The van der Waals surface area contributed by atoms with E-state index in [9.17, 15) is 18.8 Å². The minimum atomic E-state index is -3.33. The lowest BCUT2D eigenvalue weighted by molar-refractivity contribution is 0.0719. The Morgan fingerprint density at radius 1 is 1.28 bits per heavy atom. The summed E-state index contributed by atoms with van der Waals surface area (Å²) in [5.41, 5.74) is 2.96. The van der Waals surface area contributed by atoms with Crippen molar-refractivity contribution >= 4 is 21.5 Å². The highest BCUT2D eigenvalue weighted by Gasteiger charge is 2.49. The zero-order valence-corrected chi connectivity index (χ0v) is 23.4. The van der Waals surface area contributed by atoms with E-state index in [1.807, 2.05) is 17.6 Å². The third kappa shape index (κ3) is 5.26. The van der Waals surface area contributed by atoms with Gasteiger partial charge in [-0.15, -0.1) is 5.10 Å². The highest BCUT2D eigenvalue weighted by molar-refractivity contribution is 7.89. The normalized spacial score (nSPS) is 22.3. The van der Waals surface area contributed by atoms with Crippen molar-refractivity contribution in [2.24, 2.45) is 0 Å². The van der Waals surface area contributed by atoms with E-state index in [0.29, 0.717) is 12.6 Å². The Labute approximate surface area is 228 Å². The predicted molar refractivity (Wildman–Crippen MR) is 146 cm³/mol. The number of hydrogen-bond donors (Lipinski definition) is 2. The van der Waals surface area contributed by atoms with Crippen LogP contribution in [0.15, 0.2) is 24.7 Å². The largest absolute Gasteiger partial charge is 0.393 e. The number of aliphatic hydroxyl groups is 1. The van der Waals surface area contributed by atoms with Crippen molar-refractivity contribution in [3.8, 4) is 17.2 Å². The third-order valence-electron chi connectivity index (χ3n) is 7.94. The van der Waals surface area contributed by atoms with Crippen LogP contribution in [0.5, 0.6) is 0 Å². The molecule has 1 saturated heterocycles. The average molecular weight is 557 g/mol. The lowest BCUT2D eigenvalue weighted by Gasteiger charge is -2.47. The molecule has 0 bridgehead atoms. The quantitative estimate of drug-likeness (QED) is 0.383. The lowest BCUT2D eigenvalue weighted by Crippen LogP contribution is -2.64. The van der Waals surface area contributed by atoms with Crippen molar-refractivity contribution in [3.63, 3.8) is 0 Å². The number of rotatable bonds is 10. The fourth-order valence-electron chi connectivity index (χ4n) is 5.68. The molecule has 5 rings (SSSR count). The number of hydrogen-bond acceptors (Lipinski definition) is 9. The Morgan fingerprint density at radius 2 is 2.03 bits per heavy atom. The first kappa shape index (κ1) is 27.5. The molecule has 3 aromatic heterocycles. The van der Waals surface area contributed by atoms with E-state index >= 15 is 0 Å². The van der Waals surface area contributed by atoms with Crippen molar-refractivity contribution in [2.45, 2.75) is 69.6 Å². The first-order valence-corrected chi connectivity index (χ1v) is 15.0. The van der Waals surface area contributed by atoms with E-state index < -0.39 is 15.6 Å². The first-order valence-electron chi connectivity index (χ1n) is 13.4. The number of nitrogens with one attached hydrogen (secondary N) is 1. The molecule has 2 N–H and O–H groups in total. The molecule has 1 aliphatic carbocycles. The SMILES string of the molecule is CCS(=O)(=O)N1CC(CC#N)(n2cc(-c3cc([C@H]4CC[C@H](O)CC4)n4nc(N[C@@H](C)COC)ncc34)cn2)C1. The van der Waals surface area contributed by atoms with Gasteiger partial charge in [-0.3, -0.25) is 4.68 Å². The van der Waals surface area contributed by atoms with E-state index in [4.69, 9.17) is 9.84 Å². The molecule has 1 aliphatic heterocycles. The summed E-state index contributed by atoms with van der Waals surface area (Å²) in [5, 5.41) is 32.3. The maximum atomic E-state index is 12.4. The van der Waals surface area contributed by atoms with Crippen LogP contribution in [0, 0.1) is 11.3 Å². The summed E-state index contributed by atoms with van der Waals surface area (Å²) in [6, 6.07) is 4.37. The zero-order valence-electron chi connectivity index (χ0n) is 22.6. The highest BCUT2D eigenvalue weighted by Crippen LogP contribution is 2.39. The molecule has 0 spiro atoms. The summed E-state index contributed by atoms with van der Waals surface area (Å²) in [5.74, 6) is 0.772. The summed E-state index contributed by atoms with van der Waals surface area (Å²) in [6.07, 6.45) is 8.58. The van der Waals surface area contributed by atoms with E-state index in [2.05, 4.69) is 27.5 Å². The van der Waals surface area contributed by atoms with Crippen LogP contribution in [-0.4, -0.2) is 86.9 Å². The van der Waals surface area contributed by atoms with E-state index in [1.54, 1.807) is 31.1 Å². The van der Waals surface area contributed by atoms with Gasteiger partial charge in [0.15, 0.2) is 0 Å². The van der Waals surface area contributed by atoms with Gasteiger partial charge in [-0.05, 0) is 45.6 Å². The summed E-state index contributed by atoms with van der Waals surface area (Å²) < 4.78 is 35.0. The van der Waals surface area contributed by atoms with Gasteiger partial charge in [0.1, 0.15) is 5.54 Å². The first-order chi connectivity index (χ1) is 18.7. The Hall–Kier alpha value is -3.05. The molecule has 0 amide bonds. The predicted octanol–water partition coefficient (Wildman–Crippen LogP) is 2.33. The number of fused-ring (bicyclic) bond motifs is 1. The molecule has 1 saturated carbocycles. The molecule has 12 nitrogen and oxygen atoms in total. The van der Waals surface area contributed by atoms with Gasteiger partial charge in [0, 0.05) is 55.2 Å². The van der Waals surface area contributed by atoms with Crippen molar-refractivity contribution in [2.75, 3.05) is 37.9 Å². The summed E-state index contributed by atoms with van der Waals surface area (Å²) in [6.45, 7) is 4.59. The summed E-state index contributed by atoms with van der Waals surface area (Å²) >= 11 is 0. The van der Waals surface area contributed by atoms with Crippen LogP contribution in [0.25, 0.3) is 16.6 Å². The van der Waals surface area contributed by atoms with Crippen LogP contribution in [0.3, 0.4) is 0 Å². The fourth-order valence-corrected chi connectivity index (χ4v) is 6.92. The topological polar surface area (TPSA) is 151 Å². The van der Waals surface area contributed by atoms with Gasteiger partial charge in [0.2, 0.25) is 16.0 Å². The number of nitriles is 1. The lowest BCUT2D eigenvalue weighted by atomic mass is 9.85. The average Bonchev–Trinajstić information content (AvgIpc) is 3.52. The molecule has 1 atom stereocenters. The maximum Gasteiger partial charge on any atom is 0.241 e. The van der Waals surface area contributed by atoms with Gasteiger partial charge in [-0.1, -0.05) is 0 Å². The molecule has 0 aromatic carbocycles. The second-order valence-corrected chi connectivity index (χ2v) is 13.0. The molecule has 2 fully saturated rings. The Morgan fingerprint density at radius 3 is 2.69 bits per heavy atom. The monoisotopic (exact) mass is 556 g/mol. The minimum absolute atomic E-state index is 0.0266. The molecule has 2 aliphatic rings. The van der Waals surface area contributed by atoms with Gasteiger partial charge in [0.25, 0.3) is 0 Å². The van der Waals surface area contributed by atoms with E-state index in [-0.39, 0.29) is 43.3 Å². The van der Waals surface area contributed by atoms with Crippen molar-refractivity contribution in [3.05, 3.63) is 30.4 Å². The fraction of sp³-hybridized carbons (Fsp3) is 0.615. The van der Waals surface area contributed by atoms with Crippen molar-refractivity contribution in [1.82, 2.24) is 28.7 Å². The van der Waals surface area contributed by atoms with Crippen molar-refractivity contribution in [1.29, 1.82) is 5.26 Å². The number of methoxy groups -OCH3 is 1. The van der Waals surface area contributed by atoms with Crippen LogP contribution >= 0.6 is 0 Å². The molecule has 3 aromatic rings. The minimum Gasteiger partial charge on any atom is -0.393 e. The number of aliphatic hydroxyl groups excluding tert-OH is 1. The summed E-state index contributed by atoms with van der Waals surface area (Å²) in [7, 11) is -1.68. The van der Waals surface area contributed by atoms with Crippen LogP contribution in [0.2, 0.25) is 0 Å². The van der Waals surface area contributed by atoms with E-state index in [0.717, 1.165) is 48.0 Å². The van der Waals surface area contributed by atoms with Crippen LogP contribution in [0.4, 0.5) is 5.95 Å².